The normalized spacial score (nSPS) is 12.6. The monoisotopic (exact) mass is 232 g/mol. The van der Waals surface area contributed by atoms with Gasteiger partial charge in [0.25, 0.3) is 0 Å². The van der Waals surface area contributed by atoms with Crippen LogP contribution in [0.25, 0.3) is 0 Å². The molecule has 0 bridgehead atoms. The van der Waals surface area contributed by atoms with Crippen LogP contribution in [0, 0.1) is 5.41 Å². The van der Waals surface area contributed by atoms with Crippen LogP contribution in [0.1, 0.15) is 63.9 Å². The van der Waals surface area contributed by atoms with Crippen molar-refractivity contribution in [3.63, 3.8) is 0 Å². The van der Waals surface area contributed by atoms with Gasteiger partial charge in [0.1, 0.15) is 0 Å². The maximum Gasteiger partial charge on any atom is 0.163 e. The van der Waals surface area contributed by atoms with Crippen molar-refractivity contribution in [1.82, 2.24) is 0 Å². The Hall–Kier alpha value is -1.11. The summed E-state index contributed by atoms with van der Waals surface area (Å²) in [5, 5.41) is 0. The SMILES string of the molecule is CC(C)(C)CC(=O)c1ccccc1C(C)(C)C. The lowest BCUT2D eigenvalue weighted by Gasteiger charge is -2.24. The average Bonchev–Trinajstić information content (AvgIpc) is 2.13. The number of carbonyl (C=O) groups is 1. The Labute approximate surface area is 105 Å². The summed E-state index contributed by atoms with van der Waals surface area (Å²) in [4.78, 5) is 12.3. The van der Waals surface area contributed by atoms with E-state index in [0.717, 1.165) is 11.1 Å². The number of Topliss-reactive ketones (excluding diaryl/α,β-unsaturated/α-hetero) is 1. The molecule has 0 aromatic heterocycles. The molecule has 0 spiro atoms. The van der Waals surface area contributed by atoms with Crippen LogP contribution in [-0.2, 0) is 5.41 Å². The molecule has 0 unspecified atom stereocenters. The van der Waals surface area contributed by atoms with E-state index in [1.54, 1.807) is 0 Å². The fraction of sp³-hybridized carbons (Fsp3) is 0.562. The van der Waals surface area contributed by atoms with Crippen LogP contribution < -0.4 is 0 Å². The van der Waals surface area contributed by atoms with Crippen LogP contribution in [0.3, 0.4) is 0 Å². The molecule has 0 atom stereocenters. The van der Waals surface area contributed by atoms with Crippen molar-refractivity contribution in [3.8, 4) is 0 Å². The summed E-state index contributed by atoms with van der Waals surface area (Å²) in [6.07, 6.45) is 0.597. The molecule has 0 fully saturated rings. The summed E-state index contributed by atoms with van der Waals surface area (Å²) < 4.78 is 0. The summed E-state index contributed by atoms with van der Waals surface area (Å²) >= 11 is 0. The molecule has 0 aliphatic carbocycles. The van der Waals surface area contributed by atoms with E-state index in [0.29, 0.717) is 6.42 Å². The van der Waals surface area contributed by atoms with Gasteiger partial charge in [0.05, 0.1) is 0 Å². The number of benzene rings is 1. The Morgan fingerprint density at radius 1 is 1.00 bits per heavy atom. The van der Waals surface area contributed by atoms with Crippen LogP contribution >= 0.6 is 0 Å². The fourth-order valence-corrected chi connectivity index (χ4v) is 1.96. The zero-order valence-electron chi connectivity index (χ0n) is 11.9. The summed E-state index contributed by atoms with van der Waals surface area (Å²) in [7, 11) is 0. The summed E-state index contributed by atoms with van der Waals surface area (Å²) in [5.74, 6) is 0.253. The molecule has 0 amide bonds. The third-order valence-electron chi connectivity index (χ3n) is 2.73. The van der Waals surface area contributed by atoms with Crippen molar-refractivity contribution in [1.29, 1.82) is 0 Å². The highest BCUT2D eigenvalue weighted by molar-refractivity contribution is 5.98. The van der Waals surface area contributed by atoms with Crippen molar-refractivity contribution in [2.45, 2.75) is 53.4 Å². The maximum absolute atomic E-state index is 12.3. The number of hydrogen-bond acceptors (Lipinski definition) is 1. The Bertz CT molecular complexity index is 402. The van der Waals surface area contributed by atoms with Crippen molar-refractivity contribution in [2.24, 2.45) is 5.41 Å². The minimum Gasteiger partial charge on any atom is -0.294 e. The molecule has 1 heteroatoms. The van der Waals surface area contributed by atoms with Gasteiger partial charge in [0, 0.05) is 12.0 Å². The van der Waals surface area contributed by atoms with Gasteiger partial charge in [-0.05, 0) is 16.4 Å². The van der Waals surface area contributed by atoms with Gasteiger partial charge >= 0.3 is 0 Å². The van der Waals surface area contributed by atoms with Crippen LogP contribution in [0.4, 0.5) is 0 Å². The first kappa shape index (κ1) is 14.0. The van der Waals surface area contributed by atoms with Gasteiger partial charge in [-0.2, -0.15) is 0 Å². The van der Waals surface area contributed by atoms with Crippen molar-refractivity contribution < 1.29 is 4.79 Å². The van der Waals surface area contributed by atoms with Crippen molar-refractivity contribution >= 4 is 5.78 Å². The van der Waals surface area contributed by atoms with E-state index in [-0.39, 0.29) is 16.6 Å². The third kappa shape index (κ3) is 3.99. The lowest BCUT2D eigenvalue weighted by atomic mass is 9.80. The lowest BCUT2D eigenvalue weighted by molar-refractivity contribution is 0.0937. The minimum atomic E-state index is 0.0180. The van der Waals surface area contributed by atoms with Crippen molar-refractivity contribution in [3.05, 3.63) is 35.4 Å². The van der Waals surface area contributed by atoms with Crippen molar-refractivity contribution in [2.75, 3.05) is 0 Å². The lowest BCUT2D eigenvalue weighted by Crippen LogP contribution is -2.20. The van der Waals surface area contributed by atoms with E-state index in [1.165, 1.54) is 0 Å². The summed E-state index contributed by atoms with van der Waals surface area (Å²) in [6.45, 7) is 12.8. The van der Waals surface area contributed by atoms with E-state index in [2.05, 4.69) is 47.6 Å². The molecule has 0 aliphatic heterocycles. The highest BCUT2D eigenvalue weighted by atomic mass is 16.1. The van der Waals surface area contributed by atoms with Crippen LogP contribution in [0.15, 0.2) is 24.3 Å². The fourth-order valence-electron chi connectivity index (χ4n) is 1.96. The highest BCUT2D eigenvalue weighted by Crippen LogP contribution is 2.29. The van der Waals surface area contributed by atoms with E-state index in [4.69, 9.17) is 0 Å². The van der Waals surface area contributed by atoms with E-state index in [1.807, 2.05) is 18.2 Å². The van der Waals surface area contributed by atoms with Gasteiger partial charge < -0.3 is 0 Å². The van der Waals surface area contributed by atoms with Gasteiger partial charge in [-0.25, -0.2) is 0 Å². The summed E-state index contributed by atoms with van der Waals surface area (Å²) in [6, 6.07) is 7.98. The second kappa shape index (κ2) is 4.64. The Morgan fingerprint density at radius 2 is 1.53 bits per heavy atom. The smallest absolute Gasteiger partial charge is 0.163 e. The minimum absolute atomic E-state index is 0.0180. The number of hydrogen-bond donors (Lipinski definition) is 0. The Morgan fingerprint density at radius 3 is 2.00 bits per heavy atom. The Kier molecular flexibility index (Phi) is 3.81. The van der Waals surface area contributed by atoms with Gasteiger partial charge in [-0.15, -0.1) is 0 Å². The van der Waals surface area contributed by atoms with E-state index < -0.39 is 0 Å². The van der Waals surface area contributed by atoms with Crippen LogP contribution in [0.2, 0.25) is 0 Å². The molecule has 0 saturated carbocycles. The van der Waals surface area contributed by atoms with Gasteiger partial charge in [-0.1, -0.05) is 65.8 Å². The number of carbonyl (C=O) groups excluding carboxylic acids is 1. The first-order valence-corrected chi connectivity index (χ1v) is 6.24. The quantitative estimate of drug-likeness (QED) is 0.681. The molecular weight excluding hydrogens is 208 g/mol. The maximum atomic E-state index is 12.3. The largest absolute Gasteiger partial charge is 0.294 e. The first-order valence-electron chi connectivity index (χ1n) is 6.24. The average molecular weight is 232 g/mol. The standard InChI is InChI=1S/C16H24O/c1-15(2,3)11-14(17)12-9-7-8-10-13(12)16(4,5)6/h7-10H,11H2,1-6H3. The van der Waals surface area contributed by atoms with Gasteiger partial charge in [0.2, 0.25) is 0 Å². The molecular formula is C16H24O. The molecule has 0 aliphatic rings. The molecule has 0 N–H and O–H groups in total. The van der Waals surface area contributed by atoms with E-state index >= 15 is 0 Å². The van der Waals surface area contributed by atoms with E-state index in [9.17, 15) is 4.79 Å². The summed E-state index contributed by atoms with van der Waals surface area (Å²) in [5.41, 5.74) is 2.09. The second-order valence-corrected chi connectivity index (χ2v) is 6.96. The molecule has 1 nitrogen and oxygen atoms in total. The molecule has 0 radical (unpaired) electrons. The van der Waals surface area contributed by atoms with Crippen LogP contribution in [0.5, 0.6) is 0 Å². The number of ketones is 1. The predicted octanol–water partition coefficient (Wildman–Crippen LogP) is 4.60. The number of rotatable bonds is 2. The predicted molar refractivity (Wildman–Crippen MR) is 73.5 cm³/mol. The molecule has 0 heterocycles. The highest BCUT2D eigenvalue weighted by Gasteiger charge is 2.23. The molecule has 0 saturated heterocycles. The second-order valence-electron chi connectivity index (χ2n) is 6.96. The third-order valence-corrected chi connectivity index (χ3v) is 2.73. The molecule has 1 aromatic rings. The molecule has 1 rings (SSSR count). The first-order chi connectivity index (χ1) is 7.61. The zero-order valence-corrected chi connectivity index (χ0v) is 11.9. The molecule has 1 aromatic carbocycles. The van der Waals surface area contributed by atoms with Gasteiger partial charge in [0.15, 0.2) is 5.78 Å². The molecule has 17 heavy (non-hydrogen) atoms. The Balaban J connectivity index is 3.11. The topological polar surface area (TPSA) is 17.1 Å². The van der Waals surface area contributed by atoms with Gasteiger partial charge in [-0.3, -0.25) is 4.79 Å². The zero-order chi connectivity index (χ0) is 13.3. The molecule has 94 valence electrons. The van der Waals surface area contributed by atoms with Crippen LogP contribution in [-0.4, -0.2) is 5.78 Å².